The Morgan fingerprint density at radius 3 is 2.17 bits per heavy atom. The summed E-state index contributed by atoms with van der Waals surface area (Å²) in [6, 6.07) is 15.6. The Labute approximate surface area is 232 Å². The number of carbonyl (C=O) groups is 1. The highest BCUT2D eigenvalue weighted by atomic mass is 16.3. The van der Waals surface area contributed by atoms with Crippen molar-refractivity contribution in [2.24, 2.45) is 0 Å². The van der Waals surface area contributed by atoms with Gasteiger partial charge in [-0.2, -0.15) is 0 Å². The lowest BCUT2D eigenvalue weighted by molar-refractivity contribution is -0.109. The Kier molecular flexibility index (Phi) is 5.63. The van der Waals surface area contributed by atoms with Crippen molar-refractivity contribution in [3.05, 3.63) is 81.6 Å². The number of phenolic OH excluding ortho intramolecular Hbond substituents is 2. The molecule has 202 valence electrons. The fourth-order valence-corrected chi connectivity index (χ4v) is 7.24. The van der Waals surface area contributed by atoms with Gasteiger partial charge in [-0.1, -0.05) is 42.5 Å². The van der Waals surface area contributed by atoms with E-state index in [2.05, 4.69) is 23.3 Å². The summed E-state index contributed by atoms with van der Waals surface area (Å²) in [6.45, 7) is 7.68. The molecule has 4 aromatic carbocycles. The molecule has 0 aromatic heterocycles. The average molecular weight is 534 g/mol. The van der Waals surface area contributed by atoms with Gasteiger partial charge in [-0.15, -0.1) is 0 Å². The molecule has 6 heteroatoms. The number of rotatable bonds is 3. The first-order chi connectivity index (χ1) is 19.5. The quantitative estimate of drug-likeness (QED) is 0.342. The second kappa shape index (κ2) is 9.12. The summed E-state index contributed by atoms with van der Waals surface area (Å²) < 4.78 is 2.27. The number of phenols is 2. The second-order valence-corrected chi connectivity index (χ2v) is 11.0. The highest BCUT2D eigenvalue weighted by Gasteiger charge is 2.41. The third-order valence-electron chi connectivity index (χ3n) is 9.05. The minimum absolute atomic E-state index is 0.0684. The van der Waals surface area contributed by atoms with Crippen molar-refractivity contribution in [2.75, 3.05) is 31.1 Å². The molecule has 7 rings (SSSR count). The van der Waals surface area contributed by atoms with Crippen LogP contribution in [0.1, 0.15) is 43.4 Å². The Morgan fingerprint density at radius 2 is 1.48 bits per heavy atom. The number of fused-ring (bicyclic) bond motifs is 6. The van der Waals surface area contributed by atoms with E-state index in [9.17, 15) is 20.1 Å². The summed E-state index contributed by atoms with van der Waals surface area (Å²) >= 11 is 0. The molecule has 40 heavy (non-hydrogen) atoms. The molecule has 0 spiro atoms. The summed E-state index contributed by atoms with van der Waals surface area (Å²) in [7, 11) is 0. The molecule has 0 fully saturated rings. The monoisotopic (exact) mass is 533 g/mol. The minimum Gasteiger partial charge on any atom is -0.507 e. The zero-order valence-electron chi connectivity index (χ0n) is 22.9. The lowest BCUT2D eigenvalue weighted by Gasteiger charge is -2.34. The number of carbonyl (C=O) groups excluding carboxylic acids is 1. The first-order valence-corrected chi connectivity index (χ1v) is 14.4. The van der Waals surface area contributed by atoms with E-state index in [1.807, 2.05) is 48.5 Å². The largest absolute Gasteiger partial charge is 0.507 e. The summed E-state index contributed by atoms with van der Waals surface area (Å²) in [5.41, 5.74) is 3.29. The third kappa shape index (κ3) is 3.22. The van der Waals surface area contributed by atoms with Crippen LogP contribution in [0.25, 0.3) is 32.7 Å². The molecule has 0 amide bonds. The van der Waals surface area contributed by atoms with Gasteiger partial charge < -0.3 is 20.2 Å². The van der Waals surface area contributed by atoms with Gasteiger partial charge in [0.05, 0.1) is 27.8 Å². The molecule has 3 N–H and O–H groups in total. The first kappa shape index (κ1) is 24.7. The Bertz CT molecular complexity index is 1940. The van der Waals surface area contributed by atoms with Crippen molar-refractivity contribution in [1.82, 2.24) is 4.58 Å². The van der Waals surface area contributed by atoms with Gasteiger partial charge >= 0.3 is 0 Å². The minimum atomic E-state index is -0.357. The van der Waals surface area contributed by atoms with E-state index in [1.54, 1.807) is 0 Å². The maximum absolute atomic E-state index is 14.0. The SMILES string of the molecule is CCN1CCCc2c(O)c(C3=C(O)/C(=c4\c(O)c5c(c6ccccc46)=[N+](CC)CCC5)C3=O)c3ccccc3c21. The third-order valence-corrected chi connectivity index (χ3v) is 9.05. The molecule has 2 aliphatic heterocycles. The maximum Gasteiger partial charge on any atom is 0.214 e. The molecule has 4 aromatic rings. The Balaban J connectivity index is 1.57. The summed E-state index contributed by atoms with van der Waals surface area (Å²) in [4.78, 5) is 16.3. The highest BCUT2D eigenvalue weighted by Crippen LogP contribution is 2.50. The number of benzene rings is 4. The normalized spacial score (nSPS) is 18.3. The maximum atomic E-state index is 14.0. The van der Waals surface area contributed by atoms with E-state index < -0.39 is 0 Å². The molecule has 1 aliphatic carbocycles. The molecule has 0 saturated carbocycles. The zero-order chi connectivity index (χ0) is 27.7. The number of aliphatic hydroxyl groups excluding tert-OH is 1. The number of aromatic hydroxyl groups is 2. The number of anilines is 1. The summed E-state index contributed by atoms with van der Waals surface area (Å²) in [5.74, 6) is -0.389. The van der Waals surface area contributed by atoms with Crippen LogP contribution in [-0.2, 0) is 17.6 Å². The van der Waals surface area contributed by atoms with Crippen molar-refractivity contribution >= 4 is 44.2 Å². The molecule has 0 bridgehead atoms. The molecule has 0 atom stereocenters. The van der Waals surface area contributed by atoms with Crippen LogP contribution in [0.3, 0.4) is 0 Å². The van der Waals surface area contributed by atoms with Gasteiger partial charge in [-0.3, -0.25) is 4.79 Å². The van der Waals surface area contributed by atoms with E-state index in [4.69, 9.17) is 0 Å². The lowest BCUT2D eigenvalue weighted by Crippen LogP contribution is -2.40. The predicted molar refractivity (Wildman–Crippen MR) is 160 cm³/mol. The number of aliphatic hydroxyl groups is 1. The van der Waals surface area contributed by atoms with Crippen molar-refractivity contribution in [2.45, 2.75) is 39.5 Å². The van der Waals surface area contributed by atoms with Crippen LogP contribution in [0, 0.1) is 0 Å². The average Bonchev–Trinajstić information content (AvgIpc) is 3.00. The van der Waals surface area contributed by atoms with Gasteiger partial charge in [0.2, 0.25) is 11.1 Å². The van der Waals surface area contributed by atoms with Crippen LogP contribution >= 0.6 is 0 Å². The van der Waals surface area contributed by atoms with Gasteiger partial charge in [0, 0.05) is 46.6 Å². The van der Waals surface area contributed by atoms with Crippen molar-refractivity contribution in [3.8, 4) is 11.5 Å². The van der Waals surface area contributed by atoms with Crippen LogP contribution < -0.4 is 20.1 Å². The van der Waals surface area contributed by atoms with Crippen LogP contribution in [0.2, 0.25) is 0 Å². The van der Waals surface area contributed by atoms with Crippen molar-refractivity contribution < 1.29 is 20.1 Å². The van der Waals surface area contributed by atoms with Crippen LogP contribution in [0.15, 0.2) is 54.3 Å². The number of ketones is 1. The van der Waals surface area contributed by atoms with Gasteiger partial charge in [-0.05, 0) is 44.6 Å². The van der Waals surface area contributed by atoms with Crippen LogP contribution in [0.4, 0.5) is 5.69 Å². The van der Waals surface area contributed by atoms with E-state index in [-0.39, 0.29) is 34.2 Å². The topological polar surface area (TPSA) is 84.0 Å². The number of hydrogen-bond donors (Lipinski definition) is 3. The van der Waals surface area contributed by atoms with E-state index >= 15 is 0 Å². The number of Topliss-reactive ketones (excluding diaryl/α,β-unsaturated/α-hetero) is 1. The van der Waals surface area contributed by atoms with Gasteiger partial charge in [-0.25, -0.2) is 4.58 Å². The molecule has 0 radical (unpaired) electrons. The van der Waals surface area contributed by atoms with E-state index in [1.165, 1.54) is 0 Å². The van der Waals surface area contributed by atoms with Gasteiger partial charge in [0.25, 0.3) is 0 Å². The molecular weight excluding hydrogens is 500 g/mol. The summed E-state index contributed by atoms with van der Waals surface area (Å²) in [5, 5.41) is 39.7. The molecule has 0 unspecified atom stereocenters. The summed E-state index contributed by atoms with van der Waals surface area (Å²) in [6.07, 6.45) is 3.23. The van der Waals surface area contributed by atoms with Gasteiger partial charge in [0.15, 0.2) is 0 Å². The van der Waals surface area contributed by atoms with E-state index in [0.717, 1.165) is 82.7 Å². The standard InChI is InChI=1S/C34H32N2O4/c1-3-35-17-9-15-23-29(35)21-13-7-5-11-19(21)25(31(23)37)27-33(39)28(34(27)40)26-20-12-6-8-14-22(20)30-24(32(26)38)16-10-18-36(30)4-2/h5-8,11-14H,3-4,9-10,15-18H2,1-2H3,(H2,37,38,39,40)/p+1. The highest BCUT2D eigenvalue weighted by molar-refractivity contribution is 6.53. The number of allylic oxidation sites excluding steroid dienone is 2. The number of nitrogens with zero attached hydrogens (tertiary/aromatic N) is 2. The fourth-order valence-electron chi connectivity index (χ4n) is 7.24. The first-order valence-electron chi connectivity index (χ1n) is 14.4. The van der Waals surface area contributed by atoms with Crippen molar-refractivity contribution in [3.63, 3.8) is 0 Å². The van der Waals surface area contributed by atoms with Crippen LogP contribution in [0.5, 0.6) is 11.5 Å². The number of hydrogen-bond acceptors (Lipinski definition) is 5. The van der Waals surface area contributed by atoms with Crippen LogP contribution in [-0.4, -0.2) is 47.3 Å². The Hall–Kier alpha value is -4.32. The predicted octanol–water partition coefficient (Wildman–Crippen LogP) is 4.34. The molecular formula is C34H33N2O4+. The second-order valence-electron chi connectivity index (χ2n) is 11.0. The molecule has 3 aliphatic rings. The van der Waals surface area contributed by atoms with E-state index in [0.29, 0.717) is 23.6 Å². The molecule has 6 nitrogen and oxygen atoms in total. The van der Waals surface area contributed by atoms with Crippen molar-refractivity contribution in [1.29, 1.82) is 0 Å². The fraction of sp³-hybridized carbons (Fsp3) is 0.294. The van der Waals surface area contributed by atoms with Gasteiger partial charge in [0.1, 0.15) is 30.3 Å². The lowest BCUT2D eigenvalue weighted by atomic mass is 9.77. The Morgan fingerprint density at radius 1 is 0.800 bits per heavy atom. The zero-order valence-corrected chi connectivity index (χ0v) is 22.9. The molecule has 2 heterocycles. The molecule has 0 saturated heterocycles. The smallest absolute Gasteiger partial charge is 0.214 e.